The zero-order valence-electron chi connectivity index (χ0n) is 22.6. The van der Waals surface area contributed by atoms with Gasteiger partial charge in [0.1, 0.15) is 0 Å². The van der Waals surface area contributed by atoms with Gasteiger partial charge in [-0.1, -0.05) is 18.2 Å². The van der Waals surface area contributed by atoms with E-state index in [4.69, 9.17) is 14.7 Å². The molecule has 1 aromatic carbocycles. The lowest BCUT2D eigenvalue weighted by atomic mass is 9.97. The lowest BCUT2D eigenvalue weighted by molar-refractivity contribution is 0.0277. The van der Waals surface area contributed by atoms with Crippen molar-refractivity contribution < 1.29 is 4.74 Å². The number of nitrogens with one attached hydrogen (secondary N) is 3. The molecule has 0 spiro atoms. The zero-order valence-corrected chi connectivity index (χ0v) is 23.4. The first-order valence-corrected chi connectivity index (χ1v) is 14.7. The van der Waals surface area contributed by atoms with Crippen LogP contribution < -0.4 is 21.5 Å². The molecule has 10 nitrogen and oxygen atoms in total. The van der Waals surface area contributed by atoms with E-state index in [1.54, 1.807) is 17.0 Å². The summed E-state index contributed by atoms with van der Waals surface area (Å²) in [7, 11) is 0. The second-order valence-electron chi connectivity index (χ2n) is 10.4. The third-order valence-corrected chi connectivity index (χ3v) is 8.46. The molecule has 0 bridgehead atoms. The van der Waals surface area contributed by atoms with Crippen molar-refractivity contribution in [2.45, 2.75) is 25.4 Å². The molecule has 6 heterocycles. The van der Waals surface area contributed by atoms with Gasteiger partial charge < -0.3 is 20.7 Å². The van der Waals surface area contributed by atoms with Gasteiger partial charge in [0.25, 0.3) is 5.56 Å². The summed E-state index contributed by atoms with van der Waals surface area (Å²) in [6, 6.07) is 12.0. The monoisotopic (exact) mass is 566 g/mol. The average molecular weight is 567 g/mol. The first kappa shape index (κ1) is 25.9. The number of aromatic nitrogens is 5. The lowest BCUT2D eigenvalue weighted by Crippen LogP contribution is -2.33. The topological polar surface area (TPSA) is 119 Å². The van der Waals surface area contributed by atoms with Gasteiger partial charge in [-0.15, -0.1) is 11.3 Å². The third kappa shape index (κ3) is 5.13. The Bertz CT molecular complexity index is 1740. The highest BCUT2D eigenvalue weighted by atomic mass is 32.1. The molecule has 2 aliphatic heterocycles. The smallest absolute Gasteiger partial charge is 0.268 e. The van der Waals surface area contributed by atoms with E-state index in [-0.39, 0.29) is 11.7 Å². The van der Waals surface area contributed by atoms with E-state index in [0.29, 0.717) is 40.5 Å². The van der Waals surface area contributed by atoms with Crippen molar-refractivity contribution in [2.24, 2.45) is 0 Å². The molecule has 0 saturated carbocycles. The Morgan fingerprint density at radius 2 is 1.90 bits per heavy atom. The van der Waals surface area contributed by atoms with Crippen molar-refractivity contribution in [1.82, 2.24) is 35.1 Å². The number of aryl methyl sites for hydroxylation is 1. The molecule has 7 rings (SSSR count). The standard InChI is InChI=1S/C30H30N8O2S/c1-18-12-21(20-6-7-31-14-20)15-34-26(18)24-13-22-16-35-29(37-27(22)38(28(24)39)30-33-9-11-41-30)36-23-4-2-19(3-5-23)25-17-32-8-10-40-25/h2-5,9,11-13,15-16,20,25,31-32H,6-8,10,14,17H2,1H3,(H,35,36,37). The van der Waals surface area contributed by atoms with Crippen LogP contribution in [0.25, 0.3) is 27.4 Å². The highest BCUT2D eigenvalue weighted by Crippen LogP contribution is 2.29. The fourth-order valence-corrected chi connectivity index (χ4v) is 6.20. The largest absolute Gasteiger partial charge is 0.371 e. The van der Waals surface area contributed by atoms with Gasteiger partial charge in [-0.05, 0) is 60.7 Å². The number of nitrogens with zero attached hydrogens (tertiary/aromatic N) is 5. The summed E-state index contributed by atoms with van der Waals surface area (Å²) < 4.78 is 7.42. The molecule has 3 N–H and O–H groups in total. The summed E-state index contributed by atoms with van der Waals surface area (Å²) in [5.74, 6) is 0.842. The van der Waals surface area contributed by atoms with Gasteiger partial charge in [0, 0.05) is 54.7 Å². The van der Waals surface area contributed by atoms with Gasteiger partial charge in [-0.2, -0.15) is 4.98 Å². The number of hydrogen-bond donors (Lipinski definition) is 3. The van der Waals surface area contributed by atoms with Gasteiger partial charge in [-0.3, -0.25) is 9.78 Å². The number of rotatable bonds is 6. The number of hydrogen-bond acceptors (Lipinski definition) is 10. The Hall–Kier alpha value is -4.03. The molecular weight excluding hydrogens is 536 g/mol. The number of ether oxygens (including phenoxy) is 1. The molecule has 2 atom stereocenters. The summed E-state index contributed by atoms with van der Waals surface area (Å²) in [5.41, 5.74) is 5.56. The molecule has 5 aromatic rings. The first-order valence-electron chi connectivity index (χ1n) is 13.8. The minimum absolute atomic E-state index is 0.0469. The zero-order chi connectivity index (χ0) is 27.8. The fraction of sp³-hybridized carbons (Fsp3) is 0.300. The summed E-state index contributed by atoms with van der Waals surface area (Å²) >= 11 is 1.38. The minimum atomic E-state index is -0.214. The van der Waals surface area contributed by atoms with E-state index in [1.165, 1.54) is 16.9 Å². The Morgan fingerprint density at radius 1 is 1.02 bits per heavy atom. The molecule has 0 amide bonds. The normalized spacial score (nSPS) is 19.0. The number of anilines is 2. The van der Waals surface area contributed by atoms with Crippen LogP contribution in [0.15, 0.2) is 65.2 Å². The predicted octanol–water partition coefficient (Wildman–Crippen LogP) is 4.09. The molecule has 11 heteroatoms. The molecule has 2 fully saturated rings. The summed E-state index contributed by atoms with van der Waals surface area (Å²) in [5, 5.41) is 13.2. The van der Waals surface area contributed by atoms with Crippen LogP contribution >= 0.6 is 11.3 Å². The maximum absolute atomic E-state index is 14.0. The fourth-order valence-electron chi connectivity index (χ4n) is 5.56. The molecule has 2 saturated heterocycles. The van der Waals surface area contributed by atoms with Gasteiger partial charge in [0.05, 0.1) is 24.0 Å². The maximum atomic E-state index is 14.0. The van der Waals surface area contributed by atoms with Gasteiger partial charge >= 0.3 is 0 Å². The van der Waals surface area contributed by atoms with E-state index < -0.39 is 0 Å². The van der Waals surface area contributed by atoms with Crippen molar-refractivity contribution in [2.75, 3.05) is 38.1 Å². The van der Waals surface area contributed by atoms with E-state index in [9.17, 15) is 4.79 Å². The Kier molecular flexibility index (Phi) is 7.01. The van der Waals surface area contributed by atoms with E-state index in [0.717, 1.165) is 54.8 Å². The minimum Gasteiger partial charge on any atom is -0.371 e. The van der Waals surface area contributed by atoms with Crippen LogP contribution in [-0.4, -0.2) is 57.3 Å². The molecule has 0 aliphatic carbocycles. The molecule has 41 heavy (non-hydrogen) atoms. The Labute approximate surface area is 240 Å². The van der Waals surface area contributed by atoms with Crippen molar-refractivity contribution in [1.29, 1.82) is 0 Å². The molecular formula is C30H30N8O2S. The highest BCUT2D eigenvalue weighted by Gasteiger charge is 2.21. The SMILES string of the molecule is Cc1cc(C2CCNC2)cnc1-c1cc2cnc(Nc3ccc(C4CNCCO4)cc3)nc2n(-c2nccs2)c1=O. The van der Waals surface area contributed by atoms with Crippen LogP contribution in [0.2, 0.25) is 0 Å². The summed E-state index contributed by atoms with van der Waals surface area (Å²) in [4.78, 5) is 32.6. The molecule has 0 radical (unpaired) electrons. The van der Waals surface area contributed by atoms with E-state index in [2.05, 4.69) is 32.0 Å². The quantitative estimate of drug-likeness (QED) is 0.279. The van der Waals surface area contributed by atoms with Crippen LogP contribution in [0.1, 0.15) is 35.1 Å². The van der Waals surface area contributed by atoms with Crippen LogP contribution in [0.5, 0.6) is 0 Å². The number of fused-ring (bicyclic) bond motifs is 1. The van der Waals surface area contributed by atoms with Crippen molar-refractivity contribution >= 4 is 34.0 Å². The second kappa shape index (κ2) is 11.1. The van der Waals surface area contributed by atoms with Crippen molar-refractivity contribution in [3.8, 4) is 16.4 Å². The number of benzene rings is 1. The molecule has 2 aliphatic rings. The van der Waals surface area contributed by atoms with Gasteiger partial charge in [0.15, 0.2) is 10.8 Å². The molecule has 2 unspecified atom stereocenters. The summed E-state index contributed by atoms with van der Waals surface area (Å²) in [6.45, 7) is 6.37. The third-order valence-electron chi connectivity index (χ3n) is 7.70. The highest BCUT2D eigenvalue weighted by molar-refractivity contribution is 7.12. The average Bonchev–Trinajstić information content (AvgIpc) is 3.74. The van der Waals surface area contributed by atoms with Crippen molar-refractivity contribution in [3.63, 3.8) is 0 Å². The van der Waals surface area contributed by atoms with Crippen LogP contribution in [-0.2, 0) is 4.74 Å². The number of morpholine rings is 1. The van der Waals surface area contributed by atoms with Crippen LogP contribution in [0.3, 0.4) is 0 Å². The predicted molar refractivity (Wildman–Crippen MR) is 160 cm³/mol. The first-order chi connectivity index (χ1) is 20.1. The Morgan fingerprint density at radius 3 is 2.63 bits per heavy atom. The summed E-state index contributed by atoms with van der Waals surface area (Å²) in [6.07, 6.45) is 6.47. The molecule has 4 aromatic heterocycles. The van der Waals surface area contributed by atoms with Gasteiger partial charge in [0.2, 0.25) is 5.95 Å². The van der Waals surface area contributed by atoms with Crippen LogP contribution in [0, 0.1) is 6.92 Å². The number of thiazole rings is 1. The lowest BCUT2D eigenvalue weighted by Gasteiger charge is -2.24. The maximum Gasteiger partial charge on any atom is 0.268 e. The van der Waals surface area contributed by atoms with Crippen LogP contribution in [0.4, 0.5) is 11.6 Å². The second-order valence-corrected chi connectivity index (χ2v) is 11.3. The molecule has 208 valence electrons. The van der Waals surface area contributed by atoms with Crippen molar-refractivity contribution in [3.05, 3.63) is 87.4 Å². The Balaban J connectivity index is 1.25. The van der Waals surface area contributed by atoms with Gasteiger partial charge in [-0.25, -0.2) is 14.5 Å². The van der Waals surface area contributed by atoms with E-state index in [1.807, 2.05) is 48.8 Å². The van der Waals surface area contributed by atoms with E-state index >= 15 is 0 Å². The number of pyridine rings is 2.